The summed E-state index contributed by atoms with van der Waals surface area (Å²) in [6.45, 7) is 2.47. The van der Waals surface area contributed by atoms with E-state index in [1.54, 1.807) is 7.11 Å². The number of ether oxygens (including phenoxy) is 2. The van der Waals surface area contributed by atoms with Crippen LogP contribution in [0.3, 0.4) is 0 Å². The zero-order valence-corrected chi connectivity index (χ0v) is 9.01. The number of hydrogen-bond donors (Lipinski definition) is 0. The Morgan fingerprint density at radius 1 is 1.33 bits per heavy atom. The van der Waals surface area contributed by atoms with Crippen LogP contribution in [0.1, 0.15) is 18.6 Å². The summed E-state index contributed by atoms with van der Waals surface area (Å²) in [5.74, 6) is 0.742. The van der Waals surface area contributed by atoms with Gasteiger partial charge in [0, 0.05) is 14.0 Å². The Morgan fingerprint density at radius 3 is 2.73 bits per heavy atom. The second-order valence-electron chi connectivity index (χ2n) is 3.62. The molecule has 0 aromatic heterocycles. The van der Waals surface area contributed by atoms with Gasteiger partial charge >= 0.3 is 0 Å². The Balaban J connectivity index is 2.16. The molecule has 0 fully saturated rings. The van der Waals surface area contributed by atoms with Crippen molar-refractivity contribution in [1.29, 1.82) is 0 Å². The lowest BCUT2D eigenvalue weighted by atomic mass is 10.0. The third kappa shape index (κ3) is 2.18. The predicted molar refractivity (Wildman–Crippen MR) is 59.0 cm³/mol. The van der Waals surface area contributed by atoms with Crippen molar-refractivity contribution in [2.75, 3.05) is 13.7 Å². The maximum atomic E-state index is 5.68. The van der Waals surface area contributed by atoms with Gasteiger partial charge in [-0.05, 0) is 5.56 Å². The van der Waals surface area contributed by atoms with Crippen LogP contribution in [0, 0.1) is 0 Å². The van der Waals surface area contributed by atoms with Gasteiger partial charge < -0.3 is 9.47 Å². The molecule has 2 rings (SSSR count). The fourth-order valence-electron chi connectivity index (χ4n) is 1.82. The summed E-state index contributed by atoms with van der Waals surface area (Å²) in [4.78, 5) is 4.41. The first-order valence-electron chi connectivity index (χ1n) is 5.06. The number of rotatable bonds is 3. The highest BCUT2D eigenvalue weighted by Gasteiger charge is 2.30. The molecular formula is C12H15NO2. The minimum absolute atomic E-state index is 0.00569. The van der Waals surface area contributed by atoms with Gasteiger partial charge in [-0.15, -0.1) is 0 Å². The topological polar surface area (TPSA) is 30.8 Å². The first kappa shape index (κ1) is 10.2. The lowest BCUT2D eigenvalue weighted by Gasteiger charge is -2.16. The molecule has 0 N–H and O–H groups in total. The predicted octanol–water partition coefficient (Wildman–Crippen LogP) is 2.19. The van der Waals surface area contributed by atoms with Crippen LogP contribution in [-0.2, 0) is 9.47 Å². The first-order chi connectivity index (χ1) is 7.31. The minimum atomic E-state index is 0.00569. The molecule has 80 valence electrons. The molecule has 0 spiro atoms. The van der Waals surface area contributed by atoms with Crippen molar-refractivity contribution < 1.29 is 9.47 Å². The molecule has 3 heteroatoms. The van der Waals surface area contributed by atoms with Crippen molar-refractivity contribution >= 4 is 5.90 Å². The van der Waals surface area contributed by atoms with Gasteiger partial charge in [0.05, 0.1) is 6.61 Å². The number of nitrogens with zero attached hydrogens (tertiary/aromatic N) is 1. The largest absolute Gasteiger partial charge is 0.471 e. The van der Waals surface area contributed by atoms with Gasteiger partial charge in [-0.2, -0.15) is 0 Å². The molecular weight excluding hydrogens is 190 g/mol. The molecule has 0 saturated carbocycles. The van der Waals surface area contributed by atoms with E-state index in [4.69, 9.17) is 9.47 Å². The monoisotopic (exact) mass is 205 g/mol. The van der Waals surface area contributed by atoms with Crippen LogP contribution in [0.15, 0.2) is 35.3 Å². The maximum absolute atomic E-state index is 5.68. The van der Waals surface area contributed by atoms with Gasteiger partial charge in [0.15, 0.2) is 5.90 Å². The third-order valence-electron chi connectivity index (χ3n) is 2.46. The van der Waals surface area contributed by atoms with Crippen LogP contribution in [0.4, 0.5) is 0 Å². The second-order valence-corrected chi connectivity index (χ2v) is 3.62. The Morgan fingerprint density at radius 2 is 2.07 bits per heavy atom. The van der Waals surface area contributed by atoms with Crippen LogP contribution >= 0.6 is 0 Å². The maximum Gasteiger partial charge on any atom is 0.181 e. The SMILES string of the molecule is COC[C@H]1N=C(C)O[C@@H]1c1ccccc1. The van der Waals surface area contributed by atoms with Gasteiger partial charge in [0.1, 0.15) is 12.1 Å². The molecule has 0 amide bonds. The molecule has 15 heavy (non-hydrogen) atoms. The van der Waals surface area contributed by atoms with E-state index in [0.717, 1.165) is 11.5 Å². The standard InChI is InChI=1S/C12H15NO2/c1-9-13-11(8-14-2)12(15-9)10-6-4-3-5-7-10/h3-7,11-12H,8H2,1-2H3/t11-,12-/m1/s1. The number of hydrogen-bond acceptors (Lipinski definition) is 3. The van der Waals surface area contributed by atoms with E-state index in [0.29, 0.717) is 6.61 Å². The van der Waals surface area contributed by atoms with E-state index in [1.165, 1.54) is 0 Å². The fourth-order valence-corrected chi connectivity index (χ4v) is 1.82. The molecule has 3 nitrogen and oxygen atoms in total. The molecule has 1 heterocycles. The molecule has 1 aliphatic rings. The smallest absolute Gasteiger partial charge is 0.181 e. The Labute approximate surface area is 89.7 Å². The molecule has 0 unspecified atom stereocenters. The van der Waals surface area contributed by atoms with Crippen molar-refractivity contribution in [3.8, 4) is 0 Å². The van der Waals surface area contributed by atoms with Crippen LogP contribution in [0.25, 0.3) is 0 Å². The van der Waals surface area contributed by atoms with Gasteiger partial charge in [-0.25, -0.2) is 4.99 Å². The van der Waals surface area contributed by atoms with E-state index in [-0.39, 0.29) is 12.1 Å². The summed E-state index contributed by atoms with van der Waals surface area (Å²) >= 11 is 0. The van der Waals surface area contributed by atoms with Crippen molar-refractivity contribution in [1.82, 2.24) is 0 Å². The van der Waals surface area contributed by atoms with Gasteiger partial charge in [-0.1, -0.05) is 30.3 Å². The molecule has 0 radical (unpaired) electrons. The Hall–Kier alpha value is -1.35. The van der Waals surface area contributed by atoms with Crippen LogP contribution in [0.2, 0.25) is 0 Å². The van der Waals surface area contributed by atoms with Crippen LogP contribution in [-0.4, -0.2) is 25.7 Å². The first-order valence-corrected chi connectivity index (χ1v) is 5.06. The Kier molecular flexibility index (Phi) is 3.02. The van der Waals surface area contributed by atoms with E-state index in [2.05, 4.69) is 17.1 Å². The molecule has 2 atom stereocenters. The van der Waals surface area contributed by atoms with Gasteiger partial charge in [0.2, 0.25) is 0 Å². The molecule has 0 bridgehead atoms. The zero-order chi connectivity index (χ0) is 10.7. The fraction of sp³-hybridized carbons (Fsp3) is 0.417. The number of aliphatic imine (C=N–C) groups is 1. The van der Waals surface area contributed by atoms with Crippen molar-refractivity contribution in [3.05, 3.63) is 35.9 Å². The molecule has 0 aliphatic carbocycles. The number of methoxy groups -OCH3 is 1. The van der Waals surface area contributed by atoms with Crippen molar-refractivity contribution in [3.63, 3.8) is 0 Å². The normalized spacial score (nSPS) is 24.8. The van der Waals surface area contributed by atoms with Crippen LogP contribution < -0.4 is 0 Å². The van der Waals surface area contributed by atoms with E-state index in [9.17, 15) is 0 Å². The van der Waals surface area contributed by atoms with E-state index < -0.39 is 0 Å². The number of benzene rings is 1. The quantitative estimate of drug-likeness (QED) is 0.757. The Bertz CT molecular complexity index is 348. The van der Waals surface area contributed by atoms with E-state index in [1.807, 2.05) is 25.1 Å². The molecule has 1 aromatic rings. The van der Waals surface area contributed by atoms with Gasteiger partial charge in [0.25, 0.3) is 0 Å². The summed E-state index contributed by atoms with van der Waals surface area (Å²) in [5, 5.41) is 0. The highest BCUT2D eigenvalue weighted by Crippen LogP contribution is 2.28. The minimum Gasteiger partial charge on any atom is -0.471 e. The van der Waals surface area contributed by atoms with Crippen LogP contribution in [0.5, 0.6) is 0 Å². The summed E-state index contributed by atoms with van der Waals surface area (Å²) in [7, 11) is 1.69. The summed E-state index contributed by atoms with van der Waals surface area (Å²) in [5.41, 5.74) is 1.15. The summed E-state index contributed by atoms with van der Waals surface area (Å²) in [6.07, 6.45) is 0.00569. The zero-order valence-electron chi connectivity index (χ0n) is 9.01. The third-order valence-corrected chi connectivity index (χ3v) is 2.46. The highest BCUT2D eigenvalue weighted by atomic mass is 16.5. The average Bonchev–Trinajstić information content (AvgIpc) is 2.62. The second kappa shape index (κ2) is 4.45. The van der Waals surface area contributed by atoms with Crippen molar-refractivity contribution in [2.45, 2.75) is 19.1 Å². The molecule has 1 aromatic carbocycles. The summed E-state index contributed by atoms with van der Waals surface area (Å²) < 4.78 is 10.8. The van der Waals surface area contributed by atoms with Gasteiger partial charge in [-0.3, -0.25) is 0 Å². The summed E-state index contributed by atoms with van der Waals surface area (Å²) in [6, 6.07) is 10.2. The average molecular weight is 205 g/mol. The molecule has 0 saturated heterocycles. The van der Waals surface area contributed by atoms with Crippen molar-refractivity contribution in [2.24, 2.45) is 4.99 Å². The lowest BCUT2D eigenvalue weighted by molar-refractivity contribution is 0.119. The molecule has 1 aliphatic heterocycles. The van der Waals surface area contributed by atoms with E-state index >= 15 is 0 Å². The lowest BCUT2D eigenvalue weighted by Crippen LogP contribution is -2.19. The highest BCUT2D eigenvalue weighted by molar-refractivity contribution is 5.75.